The third kappa shape index (κ3) is 4.05. The van der Waals surface area contributed by atoms with Gasteiger partial charge in [-0.05, 0) is 43.2 Å². The molecule has 27 heavy (non-hydrogen) atoms. The van der Waals surface area contributed by atoms with E-state index in [2.05, 4.69) is 10.3 Å². The lowest BCUT2D eigenvalue weighted by Crippen LogP contribution is -2.25. The number of ether oxygens (including phenoxy) is 1. The Bertz CT molecular complexity index is 931. The molecule has 0 radical (unpaired) electrons. The number of hydrogen-bond donors (Lipinski definition) is 2. The number of fused-ring (bicyclic) bond motifs is 1. The molecule has 1 aromatic heterocycles. The monoisotopic (exact) mass is 369 g/mol. The minimum atomic E-state index is -0.719. The van der Waals surface area contributed by atoms with Gasteiger partial charge in [-0.15, -0.1) is 0 Å². The Kier molecular flexibility index (Phi) is 5.07. The molecule has 8 nitrogen and oxygen atoms in total. The predicted molar refractivity (Wildman–Crippen MR) is 97.9 cm³/mol. The summed E-state index contributed by atoms with van der Waals surface area (Å²) in [7, 11) is 0. The van der Waals surface area contributed by atoms with Crippen LogP contribution in [0.4, 0.5) is 11.4 Å². The largest absolute Gasteiger partial charge is 0.451 e. The first kappa shape index (κ1) is 18.4. The van der Waals surface area contributed by atoms with Crippen LogP contribution in [0.3, 0.4) is 0 Å². The maximum atomic E-state index is 12.0. The molecule has 140 valence electrons. The molecule has 2 aromatic rings. The molecule has 0 aliphatic carbocycles. The van der Waals surface area contributed by atoms with Crippen molar-refractivity contribution in [3.05, 3.63) is 47.3 Å². The van der Waals surface area contributed by atoms with Crippen LogP contribution in [0.15, 0.2) is 30.5 Å². The molecule has 0 spiro atoms. The Balaban J connectivity index is 1.56. The first-order valence-corrected chi connectivity index (χ1v) is 8.42. The first-order chi connectivity index (χ1) is 12.8. The number of esters is 1. The topological polar surface area (TPSA) is 109 Å². The minimum absolute atomic E-state index is 0.0188. The normalized spacial score (nSPS) is 12.4. The van der Waals surface area contributed by atoms with Gasteiger partial charge in [-0.2, -0.15) is 0 Å². The molecule has 1 aliphatic heterocycles. The van der Waals surface area contributed by atoms with Crippen molar-refractivity contribution in [2.75, 3.05) is 23.4 Å². The number of anilines is 2. The van der Waals surface area contributed by atoms with E-state index in [9.17, 15) is 19.2 Å². The number of aromatic nitrogens is 1. The van der Waals surface area contributed by atoms with Crippen LogP contribution in [-0.4, -0.2) is 41.7 Å². The van der Waals surface area contributed by atoms with Crippen LogP contribution in [0.1, 0.15) is 40.3 Å². The molecule has 2 amide bonds. The summed E-state index contributed by atoms with van der Waals surface area (Å²) in [5.41, 5.74) is 2.86. The third-order valence-corrected chi connectivity index (χ3v) is 4.28. The van der Waals surface area contributed by atoms with Gasteiger partial charge in [0.05, 0.1) is 0 Å². The van der Waals surface area contributed by atoms with E-state index in [1.807, 2.05) is 6.07 Å². The number of nitrogens with zero attached hydrogens (tertiary/aromatic N) is 1. The third-order valence-electron chi connectivity index (χ3n) is 4.28. The lowest BCUT2D eigenvalue weighted by molar-refractivity contribution is -0.119. The maximum absolute atomic E-state index is 12.0. The van der Waals surface area contributed by atoms with Crippen molar-refractivity contribution >= 4 is 34.9 Å². The van der Waals surface area contributed by atoms with Gasteiger partial charge in [0.15, 0.2) is 12.4 Å². The van der Waals surface area contributed by atoms with E-state index in [4.69, 9.17) is 4.74 Å². The standard InChI is InChI=1S/C19H19N3O5/c1-11(23)14-8-16(20-9-14)19(26)27-10-18(25)21-15-3-4-17-13(7-15)5-6-22(17)12(2)24/h3-4,7-9,20H,5-6,10H2,1-2H3,(H,21,25). The highest BCUT2D eigenvalue weighted by atomic mass is 16.5. The summed E-state index contributed by atoms with van der Waals surface area (Å²) in [6, 6.07) is 6.67. The maximum Gasteiger partial charge on any atom is 0.355 e. The van der Waals surface area contributed by atoms with Crippen molar-refractivity contribution < 1.29 is 23.9 Å². The SMILES string of the molecule is CC(=O)c1c[nH]c(C(=O)OCC(=O)Nc2ccc3c(c2)CCN3C(C)=O)c1. The zero-order valence-corrected chi connectivity index (χ0v) is 15.0. The molecule has 2 N–H and O–H groups in total. The van der Waals surface area contributed by atoms with Gasteiger partial charge in [0.2, 0.25) is 5.91 Å². The van der Waals surface area contributed by atoms with E-state index in [0.29, 0.717) is 17.8 Å². The van der Waals surface area contributed by atoms with Crippen LogP contribution in [-0.2, 0) is 20.7 Å². The summed E-state index contributed by atoms with van der Waals surface area (Å²) in [4.78, 5) is 51.1. The Morgan fingerprint density at radius 1 is 1.19 bits per heavy atom. The second-order valence-corrected chi connectivity index (χ2v) is 6.25. The molecule has 0 atom stereocenters. The van der Waals surface area contributed by atoms with Gasteiger partial charge in [-0.25, -0.2) is 4.79 Å². The van der Waals surface area contributed by atoms with Gasteiger partial charge in [-0.3, -0.25) is 14.4 Å². The number of nitrogens with one attached hydrogen (secondary N) is 2. The summed E-state index contributed by atoms with van der Waals surface area (Å²) in [5.74, 6) is -1.40. The van der Waals surface area contributed by atoms with Crippen molar-refractivity contribution in [2.45, 2.75) is 20.3 Å². The molecular weight excluding hydrogens is 350 g/mol. The number of amides is 2. The number of rotatable bonds is 5. The molecule has 2 heterocycles. The summed E-state index contributed by atoms with van der Waals surface area (Å²) >= 11 is 0. The number of carbonyl (C=O) groups is 4. The van der Waals surface area contributed by atoms with Crippen LogP contribution in [0.5, 0.6) is 0 Å². The lowest BCUT2D eigenvalue weighted by atomic mass is 10.1. The van der Waals surface area contributed by atoms with Gasteiger partial charge >= 0.3 is 5.97 Å². The molecule has 0 bridgehead atoms. The predicted octanol–water partition coefficient (Wildman–Crippen LogP) is 1.92. The van der Waals surface area contributed by atoms with Crippen LogP contribution in [0, 0.1) is 0 Å². The minimum Gasteiger partial charge on any atom is -0.451 e. The molecule has 0 saturated heterocycles. The van der Waals surface area contributed by atoms with E-state index < -0.39 is 18.5 Å². The van der Waals surface area contributed by atoms with Crippen LogP contribution in [0.25, 0.3) is 0 Å². The fourth-order valence-electron chi connectivity index (χ4n) is 2.93. The Morgan fingerprint density at radius 2 is 1.96 bits per heavy atom. The van der Waals surface area contributed by atoms with Crippen molar-refractivity contribution in [2.24, 2.45) is 0 Å². The number of carbonyl (C=O) groups excluding carboxylic acids is 4. The highest BCUT2D eigenvalue weighted by Gasteiger charge is 2.22. The van der Waals surface area contributed by atoms with Gasteiger partial charge < -0.3 is 19.9 Å². The highest BCUT2D eigenvalue weighted by molar-refractivity contribution is 5.99. The number of aromatic amines is 1. The zero-order chi connectivity index (χ0) is 19.6. The fourth-order valence-corrected chi connectivity index (χ4v) is 2.93. The Morgan fingerprint density at radius 3 is 2.63 bits per heavy atom. The van der Waals surface area contributed by atoms with Crippen molar-refractivity contribution in [1.82, 2.24) is 4.98 Å². The first-order valence-electron chi connectivity index (χ1n) is 8.42. The van der Waals surface area contributed by atoms with Crippen molar-refractivity contribution in [3.8, 4) is 0 Å². The van der Waals surface area contributed by atoms with E-state index >= 15 is 0 Å². The summed E-state index contributed by atoms with van der Waals surface area (Å²) in [6.45, 7) is 3.07. The van der Waals surface area contributed by atoms with E-state index in [1.165, 1.54) is 26.1 Å². The Hall–Kier alpha value is -3.42. The van der Waals surface area contributed by atoms with Gasteiger partial charge in [-0.1, -0.05) is 0 Å². The number of hydrogen-bond acceptors (Lipinski definition) is 5. The van der Waals surface area contributed by atoms with E-state index in [0.717, 1.165) is 17.7 Å². The van der Waals surface area contributed by atoms with Gasteiger partial charge in [0, 0.05) is 36.6 Å². The molecule has 0 unspecified atom stereocenters. The van der Waals surface area contributed by atoms with Crippen LogP contribution >= 0.6 is 0 Å². The van der Waals surface area contributed by atoms with E-state index in [1.54, 1.807) is 17.0 Å². The average molecular weight is 369 g/mol. The zero-order valence-electron chi connectivity index (χ0n) is 15.0. The van der Waals surface area contributed by atoms with Crippen molar-refractivity contribution in [3.63, 3.8) is 0 Å². The fraction of sp³-hybridized carbons (Fsp3) is 0.263. The second kappa shape index (κ2) is 7.45. The quantitative estimate of drug-likeness (QED) is 0.618. The molecule has 1 aliphatic rings. The lowest BCUT2D eigenvalue weighted by Gasteiger charge is -2.15. The van der Waals surface area contributed by atoms with E-state index in [-0.39, 0.29) is 17.4 Å². The number of ketones is 1. The number of benzene rings is 1. The molecule has 8 heteroatoms. The second-order valence-electron chi connectivity index (χ2n) is 6.25. The molecule has 3 rings (SSSR count). The number of H-pyrrole nitrogens is 1. The van der Waals surface area contributed by atoms with Crippen molar-refractivity contribution in [1.29, 1.82) is 0 Å². The molecular formula is C19H19N3O5. The van der Waals surface area contributed by atoms with Gasteiger partial charge in [0.1, 0.15) is 5.69 Å². The van der Waals surface area contributed by atoms with Gasteiger partial charge in [0.25, 0.3) is 5.91 Å². The summed E-state index contributed by atoms with van der Waals surface area (Å²) in [5, 5.41) is 2.66. The smallest absolute Gasteiger partial charge is 0.355 e. The highest BCUT2D eigenvalue weighted by Crippen LogP contribution is 2.30. The van der Waals surface area contributed by atoms with Crippen LogP contribution < -0.4 is 10.2 Å². The summed E-state index contributed by atoms with van der Waals surface area (Å²) in [6.07, 6.45) is 2.13. The molecule has 0 saturated carbocycles. The molecule has 0 fully saturated rings. The number of Topliss-reactive ketones (excluding diaryl/α,β-unsaturated/α-hetero) is 1. The average Bonchev–Trinajstić information content (AvgIpc) is 3.26. The molecule has 1 aromatic carbocycles. The van der Waals surface area contributed by atoms with Crippen LogP contribution in [0.2, 0.25) is 0 Å². The summed E-state index contributed by atoms with van der Waals surface area (Å²) < 4.78 is 4.95. The Labute approximate surface area is 155 Å².